The van der Waals surface area contributed by atoms with Crippen LogP contribution in [0.2, 0.25) is 0 Å². The maximum atomic E-state index is 5.70. The number of ether oxygens (including phenoxy) is 9. The first-order valence-corrected chi connectivity index (χ1v) is 21.6. The molecule has 0 aromatic carbocycles. The van der Waals surface area contributed by atoms with E-state index in [9.17, 15) is 0 Å². The maximum absolute atomic E-state index is 5.70. The lowest BCUT2D eigenvalue weighted by molar-refractivity contribution is -0.0250. The highest BCUT2D eigenvalue weighted by molar-refractivity contribution is 4.50. The van der Waals surface area contributed by atoms with Crippen LogP contribution in [-0.2, 0) is 42.6 Å². The Balaban J connectivity index is 3.04. The molecule has 0 aromatic heterocycles. The molecule has 0 aliphatic carbocycles. The van der Waals surface area contributed by atoms with Crippen molar-refractivity contribution in [3.63, 3.8) is 0 Å². The molecule has 0 saturated carbocycles. The molecule has 0 amide bonds. The summed E-state index contributed by atoms with van der Waals surface area (Å²) in [5.41, 5.74) is 0. The lowest BCUT2D eigenvalue weighted by atomic mass is 10.0. The molecule has 9 nitrogen and oxygen atoms in total. The van der Waals surface area contributed by atoms with Gasteiger partial charge in [0.15, 0.2) is 0 Å². The smallest absolute Gasteiger partial charge is 0.0701 e. The minimum absolute atomic E-state index is 0.544. The zero-order valence-electron chi connectivity index (χ0n) is 34.0. The van der Waals surface area contributed by atoms with Crippen molar-refractivity contribution in [3.05, 3.63) is 0 Å². The first-order chi connectivity index (χ1) is 25.4. The molecule has 0 spiro atoms. The minimum atomic E-state index is 0.544. The normalized spacial score (nSPS) is 11.6. The molecule has 0 unspecified atom stereocenters. The van der Waals surface area contributed by atoms with Crippen LogP contribution in [-0.4, -0.2) is 119 Å². The highest BCUT2D eigenvalue weighted by Gasteiger charge is 1.98. The summed E-state index contributed by atoms with van der Waals surface area (Å²) in [5.74, 6) is 0. The molecule has 0 aliphatic rings. The average molecular weight is 735 g/mol. The number of hydrogen-bond acceptors (Lipinski definition) is 9. The van der Waals surface area contributed by atoms with Crippen molar-refractivity contribution in [2.45, 2.75) is 155 Å². The Bertz CT molecular complexity index is 537. The topological polar surface area (TPSA) is 83.1 Å². The number of unbranched alkanes of at least 4 members (excludes halogenated alkanes) is 20. The van der Waals surface area contributed by atoms with Gasteiger partial charge in [0.05, 0.1) is 106 Å². The molecule has 0 heterocycles. The van der Waals surface area contributed by atoms with Gasteiger partial charge in [0, 0.05) is 13.2 Å². The van der Waals surface area contributed by atoms with Crippen molar-refractivity contribution < 1.29 is 42.6 Å². The van der Waals surface area contributed by atoms with Crippen LogP contribution in [0.5, 0.6) is 0 Å². The zero-order valence-corrected chi connectivity index (χ0v) is 34.0. The van der Waals surface area contributed by atoms with Gasteiger partial charge in [0.2, 0.25) is 0 Å². The fourth-order valence-electron chi connectivity index (χ4n) is 5.60. The van der Waals surface area contributed by atoms with Gasteiger partial charge in [-0.2, -0.15) is 0 Å². The monoisotopic (exact) mass is 735 g/mol. The summed E-state index contributed by atoms with van der Waals surface area (Å²) in [5, 5.41) is 0. The van der Waals surface area contributed by atoms with Gasteiger partial charge in [-0.25, -0.2) is 0 Å². The van der Waals surface area contributed by atoms with E-state index in [2.05, 4.69) is 13.8 Å². The molecule has 0 rings (SSSR count). The maximum Gasteiger partial charge on any atom is 0.0701 e. The second-order valence-electron chi connectivity index (χ2n) is 13.6. The van der Waals surface area contributed by atoms with E-state index in [4.69, 9.17) is 42.6 Å². The Morgan fingerprint density at radius 1 is 0.157 bits per heavy atom. The van der Waals surface area contributed by atoms with Crippen LogP contribution in [0.1, 0.15) is 155 Å². The minimum Gasteiger partial charge on any atom is -0.379 e. The zero-order chi connectivity index (χ0) is 36.6. The van der Waals surface area contributed by atoms with Crippen LogP contribution >= 0.6 is 0 Å². The molecule has 0 radical (unpaired) electrons. The van der Waals surface area contributed by atoms with Gasteiger partial charge < -0.3 is 42.6 Å². The van der Waals surface area contributed by atoms with Crippen molar-refractivity contribution >= 4 is 0 Å². The average Bonchev–Trinajstić information content (AvgIpc) is 3.14. The van der Waals surface area contributed by atoms with Crippen LogP contribution < -0.4 is 0 Å². The largest absolute Gasteiger partial charge is 0.379 e. The molecule has 0 N–H and O–H groups in total. The summed E-state index contributed by atoms with van der Waals surface area (Å²) in [6.07, 6.45) is 30.0. The Kier molecular flexibility index (Phi) is 49.3. The van der Waals surface area contributed by atoms with E-state index in [0.717, 1.165) is 26.1 Å². The Hall–Kier alpha value is -0.360. The van der Waals surface area contributed by atoms with Crippen molar-refractivity contribution in [1.82, 2.24) is 0 Å². The SMILES string of the molecule is CCCCCCCCCCCCCCCCCCOCCOCCOCCOCCOCCOCCOCCOCCOCCCCCCCC. The third-order valence-corrected chi connectivity index (χ3v) is 8.76. The van der Waals surface area contributed by atoms with E-state index in [1.165, 1.54) is 128 Å². The summed E-state index contributed by atoms with van der Waals surface area (Å²) >= 11 is 0. The van der Waals surface area contributed by atoms with Gasteiger partial charge in [-0.15, -0.1) is 0 Å². The first kappa shape index (κ1) is 50.6. The molecule has 0 aromatic rings. The molecule has 0 saturated heterocycles. The Morgan fingerprint density at radius 2 is 0.294 bits per heavy atom. The second-order valence-corrected chi connectivity index (χ2v) is 13.6. The highest BCUT2D eigenvalue weighted by Crippen LogP contribution is 2.13. The molecule has 0 fully saturated rings. The van der Waals surface area contributed by atoms with E-state index in [0.29, 0.717) is 106 Å². The summed E-state index contributed by atoms with van der Waals surface area (Å²) in [6, 6.07) is 0. The van der Waals surface area contributed by atoms with Crippen molar-refractivity contribution in [1.29, 1.82) is 0 Å². The summed E-state index contributed by atoms with van der Waals surface area (Å²) in [7, 11) is 0. The van der Waals surface area contributed by atoms with Gasteiger partial charge in [-0.3, -0.25) is 0 Å². The van der Waals surface area contributed by atoms with E-state index < -0.39 is 0 Å². The summed E-state index contributed by atoms with van der Waals surface area (Å²) in [4.78, 5) is 0. The van der Waals surface area contributed by atoms with Crippen molar-refractivity contribution in [3.8, 4) is 0 Å². The number of rotatable bonds is 48. The molecule has 0 atom stereocenters. The third-order valence-electron chi connectivity index (χ3n) is 8.76. The van der Waals surface area contributed by atoms with E-state index in [1.807, 2.05) is 0 Å². The quantitative estimate of drug-likeness (QED) is 0.0568. The molecule has 9 heteroatoms. The summed E-state index contributed by atoms with van der Waals surface area (Å²) < 4.78 is 50.1. The third kappa shape index (κ3) is 49.6. The van der Waals surface area contributed by atoms with Crippen LogP contribution in [0.25, 0.3) is 0 Å². The molecular weight excluding hydrogens is 648 g/mol. The van der Waals surface area contributed by atoms with Crippen molar-refractivity contribution in [2.75, 3.05) is 119 Å². The van der Waals surface area contributed by atoms with E-state index in [-0.39, 0.29) is 0 Å². The highest BCUT2D eigenvalue weighted by atomic mass is 16.6. The van der Waals surface area contributed by atoms with Crippen LogP contribution in [0.3, 0.4) is 0 Å². The van der Waals surface area contributed by atoms with Gasteiger partial charge >= 0.3 is 0 Å². The molecular formula is C42H86O9. The standard InChI is InChI=1S/C42H86O9/c1-3-5-7-9-11-12-13-14-15-16-17-18-19-20-22-24-26-44-28-30-46-32-34-48-36-38-50-40-42-51-41-39-49-37-35-47-33-31-45-29-27-43-25-23-21-10-8-6-4-2/h3-42H2,1-2H3. The van der Waals surface area contributed by atoms with Crippen LogP contribution in [0.4, 0.5) is 0 Å². The number of hydrogen-bond donors (Lipinski definition) is 0. The second kappa shape index (κ2) is 49.6. The molecule has 0 bridgehead atoms. The predicted molar refractivity (Wildman–Crippen MR) is 210 cm³/mol. The Morgan fingerprint density at radius 3 is 0.471 bits per heavy atom. The van der Waals surface area contributed by atoms with Gasteiger partial charge in [-0.1, -0.05) is 142 Å². The lowest BCUT2D eigenvalue weighted by Gasteiger charge is -2.09. The van der Waals surface area contributed by atoms with E-state index >= 15 is 0 Å². The molecule has 51 heavy (non-hydrogen) atoms. The summed E-state index contributed by atoms with van der Waals surface area (Å²) in [6.45, 7) is 15.5. The fourth-order valence-corrected chi connectivity index (χ4v) is 5.60. The predicted octanol–water partition coefficient (Wildman–Crippen LogP) is 9.76. The first-order valence-electron chi connectivity index (χ1n) is 21.6. The molecule has 0 aliphatic heterocycles. The van der Waals surface area contributed by atoms with Gasteiger partial charge in [0.1, 0.15) is 0 Å². The fraction of sp³-hybridized carbons (Fsp3) is 1.00. The van der Waals surface area contributed by atoms with Gasteiger partial charge in [0.25, 0.3) is 0 Å². The Labute approximate surface area is 316 Å². The van der Waals surface area contributed by atoms with Crippen molar-refractivity contribution in [2.24, 2.45) is 0 Å². The van der Waals surface area contributed by atoms with Crippen LogP contribution in [0, 0.1) is 0 Å². The molecule has 308 valence electrons. The van der Waals surface area contributed by atoms with E-state index in [1.54, 1.807) is 0 Å². The van der Waals surface area contributed by atoms with Gasteiger partial charge in [-0.05, 0) is 12.8 Å². The lowest BCUT2D eigenvalue weighted by Crippen LogP contribution is -2.15. The van der Waals surface area contributed by atoms with Crippen LogP contribution in [0.15, 0.2) is 0 Å².